The Bertz CT molecular complexity index is 881. The van der Waals surface area contributed by atoms with Gasteiger partial charge in [-0.2, -0.15) is 5.10 Å². The zero-order chi connectivity index (χ0) is 20.5. The van der Waals surface area contributed by atoms with Crippen molar-refractivity contribution in [2.75, 3.05) is 7.11 Å². The lowest BCUT2D eigenvalue weighted by molar-refractivity contribution is -0.141. The molecule has 1 aromatic carbocycles. The fraction of sp³-hybridized carbons (Fsp3) is 0.450. The highest BCUT2D eigenvalue weighted by Gasteiger charge is 2.50. The number of carbonyl (C=O) groups excluding carboxylic acids is 4. The second-order valence-corrected chi connectivity index (χ2v) is 7.67. The van der Waals surface area contributed by atoms with E-state index in [1.165, 1.54) is 12.0 Å². The first-order valence-corrected chi connectivity index (χ1v) is 9.63. The lowest BCUT2D eigenvalue weighted by atomic mass is 9.92. The van der Waals surface area contributed by atoms with Gasteiger partial charge in [0.2, 0.25) is 11.8 Å². The van der Waals surface area contributed by atoms with Crippen LogP contribution in [0.1, 0.15) is 36.0 Å². The second kappa shape index (κ2) is 7.65. The molecule has 4 atom stereocenters. The zero-order valence-electron chi connectivity index (χ0n) is 16.0. The summed E-state index contributed by atoms with van der Waals surface area (Å²) >= 11 is 0. The van der Waals surface area contributed by atoms with Crippen molar-refractivity contribution in [2.45, 2.75) is 31.7 Å². The highest BCUT2D eigenvalue weighted by atomic mass is 16.5. The van der Waals surface area contributed by atoms with Crippen molar-refractivity contribution in [3.05, 3.63) is 29.8 Å². The molecule has 1 saturated heterocycles. The molecule has 152 valence electrons. The van der Waals surface area contributed by atoms with Gasteiger partial charge in [-0.1, -0.05) is 6.42 Å². The summed E-state index contributed by atoms with van der Waals surface area (Å²) in [6.45, 7) is 0. The number of fused-ring (bicyclic) bond motifs is 2. The SMILES string of the molecule is COc1ccc(C(=O)N/N=C\[C@@H]2C(=O)NC(=O)N([C@H]3C[C@H]4CC[C@H]3C4)C2=O)cc1. The first-order chi connectivity index (χ1) is 14.0. The van der Waals surface area contributed by atoms with Crippen LogP contribution in [0.15, 0.2) is 29.4 Å². The van der Waals surface area contributed by atoms with Crippen molar-refractivity contribution in [3.8, 4) is 5.75 Å². The van der Waals surface area contributed by atoms with Gasteiger partial charge in [-0.25, -0.2) is 10.2 Å². The molecule has 29 heavy (non-hydrogen) atoms. The molecule has 1 heterocycles. The molecule has 0 spiro atoms. The average Bonchev–Trinajstić information content (AvgIpc) is 3.34. The fourth-order valence-corrected chi connectivity index (χ4v) is 4.56. The van der Waals surface area contributed by atoms with Gasteiger partial charge in [0, 0.05) is 17.8 Å². The minimum Gasteiger partial charge on any atom is -0.497 e. The molecule has 2 aliphatic carbocycles. The molecule has 9 heteroatoms. The third-order valence-corrected chi connectivity index (χ3v) is 6.01. The second-order valence-electron chi connectivity index (χ2n) is 7.67. The summed E-state index contributed by atoms with van der Waals surface area (Å²) in [6.07, 6.45) is 5.01. The lowest BCUT2D eigenvalue weighted by Crippen LogP contribution is -2.62. The van der Waals surface area contributed by atoms with E-state index in [1.807, 2.05) is 0 Å². The number of benzene rings is 1. The van der Waals surface area contributed by atoms with E-state index < -0.39 is 29.7 Å². The smallest absolute Gasteiger partial charge is 0.331 e. The molecule has 4 rings (SSSR count). The maximum atomic E-state index is 12.9. The van der Waals surface area contributed by atoms with Crippen LogP contribution < -0.4 is 15.5 Å². The van der Waals surface area contributed by atoms with Crippen molar-refractivity contribution in [2.24, 2.45) is 22.9 Å². The zero-order valence-corrected chi connectivity index (χ0v) is 16.0. The molecule has 0 radical (unpaired) electrons. The molecular formula is C20H22N4O5. The first kappa shape index (κ1) is 19.1. The van der Waals surface area contributed by atoms with Crippen molar-refractivity contribution >= 4 is 30.0 Å². The number of imide groups is 2. The number of hydrogen-bond donors (Lipinski definition) is 2. The first-order valence-electron chi connectivity index (χ1n) is 9.63. The highest BCUT2D eigenvalue weighted by Crippen LogP contribution is 2.47. The molecule has 9 nitrogen and oxygen atoms in total. The number of amides is 5. The number of urea groups is 1. The van der Waals surface area contributed by atoms with Gasteiger partial charge in [-0.05, 0) is 55.4 Å². The van der Waals surface area contributed by atoms with Gasteiger partial charge in [-0.3, -0.25) is 24.6 Å². The summed E-state index contributed by atoms with van der Waals surface area (Å²) in [4.78, 5) is 50.6. The van der Waals surface area contributed by atoms with Gasteiger partial charge >= 0.3 is 6.03 Å². The quantitative estimate of drug-likeness (QED) is 0.440. The third-order valence-electron chi connectivity index (χ3n) is 6.01. The molecule has 1 aliphatic heterocycles. The van der Waals surface area contributed by atoms with Crippen LogP contribution in [0, 0.1) is 17.8 Å². The number of hydrazone groups is 1. The van der Waals surface area contributed by atoms with Crippen molar-refractivity contribution in [1.82, 2.24) is 15.6 Å². The summed E-state index contributed by atoms with van der Waals surface area (Å²) in [5.41, 5.74) is 2.65. The Morgan fingerprint density at radius 3 is 2.59 bits per heavy atom. The van der Waals surface area contributed by atoms with Gasteiger partial charge in [-0.15, -0.1) is 0 Å². The van der Waals surface area contributed by atoms with E-state index in [4.69, 9.17) is 4.74 Å². The normalized spacial score (nSPS) is 28.7. The Hall–Kier alpha value is -3.23. The van der Waals surface area contributed by atoms with Gasteiger partial charge in [0.25, 0.3) is 5.91 Å². The molecule has 3 aliphatic rings. The van der Waals surface area contributed by atoms with Gasteiger partial charge in [0.15, 0.2) is 5.92 Å². The number of hydrogen-bond acceptors (Lipinski definition) is 6. The van der Waals surface area contributed by atoms with Crippen LogP contribution in [0.3, 0.4) is 0 Å². The van der Waals surface area contributed by atoms with Gasteiger partial charge in [0.1, 0.15) is 5.75 Å². The molecule has 0 unspecified atom stereocenters. The maximum absolute atomic E-state index is 12.9. The average molecular weight is 398 g/mol. The van der Waals surface area contributed by atoms with Crippen LogP contribution in [0.25, 0.3) is 0 Å². The van der Waals surface area contributed by atoms with Crippen LogP contribution in [0.4, 0.5) is 4.79 Å². The van der Waals surface area contributed by atoms with Crippen LogP contribution in [0.2, 0.25) is 0 Å². The molecule has 0 aromatic heterocycles. The number of ether oxygens (including phenoxy) is 1. The predicted molar refractivity (Wildman–Crippen MR) is 102 cm³/mol. The number of barbiturate groups is 1. The summed E-state index contributed by atoms with van der Waals surface area (Å²) in [7, 11) is 1.52. The molecule has 1 aromatic rings. The number of carbonyl (C=O) groups is 4. The van der Waals surface area contributed by atoms with Gasteiger partial charge < -0.3 is 4.74 Å². The van der Waals surface area contributed by atoms with Crippen molar-refractivity contribution in [1.29, 1.82) is 0 Å². The standard InChI is InChI=1S/C20H22N4O5/c1-29-14-6-4-12(5-7-14)17(25)23-21-10-15-18(26)22-20(28)24(19(15)27)16-9-11-2-3-13(16)8-11/h4-7,10-11,13,15-16H,2-3,8-9H2,1H3,(H,23,25)(H,22,26,28)/b21-10-/t11-,13-,15+,16-/m0/s1. The van der Waals surface area contributed by atoms with Crippen LogP contribution in [-0.4, -0.2) is 48.0 Å². The Labute approximate surface area is 167 Å². The van der Waals surface area contributed by atoms with Crippen LogP contribution in [-0.2, 0) is 9.59 Å². The number of rotatable bonds is 5. The monoisotopic (exact) mass is 398 g/mol. The van der Waals surface area contributed by atoms with E-state index >= 15 is 0 Å². The lowest BCUT2D eigenvalue weighted by Gasteiger charge is -2.36. The number of nitrogens with one attached hydrogen (secondary N) is 2. The Kier molecular flexibility index (Phi) is 5.04. The number of nitrogens with zero attached hydrogens (tertiary/aromatic N) is 2. The summed E-state index contributed by atoms with van der Waals surface area (Å²) in [5.74, 6) is -1.61. The molecule has 2 bridgehead atoms. The third kappa shape index (κ3) is 3.59. The molecule has 2 N–H and O–H groups in total. The summed E-state index contributed by atoms with van der Waals surface area (Å²) in [6, 6.07) is 5.57. The highest BCUT2D eigenvalue weighted by molar-refractivity contribution is 6.23. The minimum absolute atomic E-state index is 0.167. The number of methoxy groups -OCH3 is 1. The largest absolute Gasteiger partial charge is 0.497 e. The molecule has 3 fully saturated rings. The van der Waals surface area contributed by atoms with E-state index in [9.17, 15) is 19.2 Å². The van der Waals surface area contributed by atoms with E-state index in [2.05, 4.69) is 15.8 Å². The van der Waals surface area contributed by atoms with Crippen LogP contribution >= 0.6 is 0 Å². The predicted octanol–water partition coefficient (Wildman–Crippen LogP) is 1.29. The Balaban J connectivity index is 1.42. The molecule has 2 saturated carbocycles. The van der Waals surface area contributed by atoms with E-state index in [0.29, 0.717) is 23.1 Å². The van der Waals surface area contributed by atoms with E-state index in [0.717, 1.165) is 31.9 Å². The minimum atomic E-state index is -1.25. The molecular weight excluding hydrogens is 376 g/mol. The van der Waals surface area contributed by atoms with E-state index in [-0.39, 0.29) is 6.04 Å². The Morgan fingerprint density at radius 1 is 1.21 bits per heavy atom. The fourth-order valence-electron chi connectivity index (χ4n) is 4.56. The van der Waals surface area contributed by atoms with Crippen molar-refractivity contribution < 1.29 is 23.9 Å². The van der Waals surface area contributed by atoms with Gasteiger partial charge in [0.05, 0.1) is 7.11 Å². The topological polar surface area (TPSA) is 117 Å². The summed E-state index contributed by atoms with van der Waals surface area (Å²) in [5, 5.41) is 6.01. The van der Waals surface area contributed by atoms with E-state index in [1.54, 1.807) is 24.3 Å². The van der Waals surface area contributed by atoms with Crippen molar-refractivity contribution in [3.63, 3.8) is 0 Å². The molecule has 5 amide bonds. The summed E-state index contributed by atoms with van der Waals surface area (Å²) < 4.78 is 5.04. The maximum Gasteiger partial charge on any atom is 0.331 e. The van der Waals surface area contributed by atoms with Crippen LogP contribution in [0.5, 0.6) is 5.75 Å². The Morgan fingerprint density at radius 2 is 1.97 bits per heavy atom.